The van der Waals surface area contributed by atoms with Crippen molar-refractivity contribution in [2.75, 3.05) is 6.61 Å². The van der Waals surface area contributed by atoms with Crippen molar-refractivity contribution in [3.05, 3.63) is 64.2 Å². The van der Waals surface area contributed by atoms with Gasteiger partial charge in [-0.1, -0.05) is 41.9 Å². The number of hydrogen-bond acceptors (Lipinski definition) is 3. The molecule has 0 radical (unpaired) electrons. The molecule has 1 N–H and O–H groups in total. The van der Waals surface area contributed by atoms with Crippen LogP contribution in [0.3, 0.4) is 0 Å². The summed E-state index contributed by atoms with van der Waals surface area (Å²) in [5.74, 6) is 0.291. The Morgan fingerprint density at radius 1 is 1.23 bits per heavy atom. The van der Waals surface area contributed by atoms with E-state index < -0.39 is 0 Å². The first kappa shape index (κ1) is 16.0. The average Bonchev–Trinajstić information content (AvgIpc) is 2.51. The minimum absolute atomic E-state index is 0.105. The Morgan fingerprint density at radius 2 is 1.86 bits per heavy atom. The predicted octanol–water partition coefficient (Wildman–Crippen LogP) is 3.49. The van der Waals surface area contributed by atoms with E-state index in [1.807, 2.05) is 44.2 Å². The summed E-state index contributed by atoms with van der Waals surface area (Å²) in [4.78, 5) is 11.7. The average molecular weight is 317 g/mol. The number of nitrogens with one attached hydrogen (secondary N) is 1. The van der Waals surface area contributed by atoms with Crippen LogP contribution in [0.5, 0.6) is 5.75 Å². The van der Waals surface area contributed by atoms with Crippen molar-refractivity contribution in [2.24, 2.45) is 5.10 Å². The zero-order valence-electron chi connectivity index (χ0n) is 12.5. The molecule has 2 rings (SSSR count). The molecule has 0 aliphatic heterocycles. The Labute approximate surface area is 134 Å². The van der Waals surface area contributed by atoms with Gasteiger partial charge in [-0.3, -0.25) is 4.79 Å². The number of nitrogens with zero attached hydrogens (tertiary/aromatic N) is 1. The second-order valence-corrected chi connectivity index (χ2v) is 5.24. The number of halogens is 1. The van der Waals surface area contributed by atoms with E-state index in [4.69, 9.17) is 16.3 Å². The Kier molecular flexibility index (Phi) is 5.55. The van der Waals surface area contributed by atoms with Crippen molar-refractivity contribution in [1.82, 2.24) is 5.43 Å². The summed E-state index contributed by atoms with van der Waals surface area (Å²) in [6.45, 7) is 3.69. The molecular weight excluding hydrogens is 300 g/mol. The van der Waals surface area contributed by atoms with Crippen LogP contribution in [0.1, 0.15) is 16.7 Å². The maximum atomic E-state index is 11.7. The quantitative estimate of drug-likeness (QED) is 0.678. The van der Waals surface area contributed by atoms with Gasteiger partial charge in [0.1, 0.15) is 5.75 Å². The molecule has 5 heteroatoms. The normalized spacial score (nSPS) is 10.7. The highest BCUT2D eigenvalue weighted by Gasteiger charge is 2.06. The third-order valence-electron chi connectivity index (χ3n) is 2.98. The number of aryl methyl sites for hydroxylation is 2. The first-order valence-electron chi connectivity index (χ1n) is 6.83. The molecule has 0 aromatic heterocycles. The van der Waals surface area contributed by atoms with Crippen LogP contribution in [0.15, 0.2) is 47.6 Å². The number of rotatable bonds is 5. The van der Waals surface area contributed by atoms with Crippen molar-refractivity contribution in [3.8, 4) is 5.75 Å². The maximum Gasteiger partial charge on any atom is 0.277 e. The Morgan fingerprint density at radius 3 is 2.50 bits per heavy atom. The van der Waals surface area contributed by atoms with Crippen molar-refractivity contribution in [2.45, 2.75) is 13.8 Å². The van der Waals surface area contributed by atoms with Crippen LogP contribution < -0.4 is 10.2 Å². The molecule has 0 atom stereocenters. The van der Waals surface area contributed by atoms with Gasteiger partial charge in [-0.25, -0.2) is 5.43 Å². The second kappa shape index (κ2) is 7.61. The number of carbonyl (C=O) groups excluding carboxylic acids is 1. The Bertz CT molecular complexity index is 661. The molecule has 0 spiro atoms. The molecule has 0 fully saturated rings. The third kappa shape index (κ3) is 4.60. The van der Waals surface area contributed by atoms with Gasteiger partial charge < -0.3 is 4.74 Å². The summed E-state index contributed by atoms with van der Waals surface area (Å²) in [5, 5.41) is 4.59. The first-order chi connectivity index (χ1) is 10.6. The lowest BCUT2D eigenvalue weighted by Crippen LogP contribution is -2.24. The third-order valence-corrected chi connectivity index (χ3v) is 3.58. The van der Waals surface area contributed by atoms with E-state index in [0.29, 0.717) is 10.8 Å². The molecule has 0 saturated heterocycles. The smallest absolute Gasteiger partial charge is 0.277 e. The van der Waals surface area contributed by atoms with Gasteiger partial charge in [0.25, 0.3) is 5.91 Å². The van der Waals surface area contributed by atoms with Gasteiger partial charge >= 0.3 is 0 Å². The number of hydrogen-bond donors (Lipinski definition) is 1. The molecule has 2 aromatic rings. The summed E-state index contributed by atoms with van der Waals surface area (Å²) in [5.41, 5.74) is 5.16. The first-order valence-corrected chi connectivity index (χ1v) is 7.20. The fraction of sp³-hybridized carbons (Fsp3) is 0.176. The SMILES string of the molecule is Cc1cc(OCC(=O)N/N=C/c2ccccc2)cc(C)c1Cl. The molecule has 0 saturated carbocycles. The topological polar surface area (TPSA) is 50.7 Å². The van der Waals surface area contributed by atoms with Gasteiger partial charge in [0.2, 0.25) is 0 Å². The Balaban J connectivity index is 1.84. The lowest BCUT2D eigenvalue weighted by Gasteiger charge is -2.09. The summed E-state index contributed by atoms with van der Waals surface area (Å²) in [6.07, 6.45) is 1.58. The molecule has 0 heterocycles. The van der Waals surface area contributed by atoms with Gasteiger partial charge in [0.05, 0.1) is 6.21 Å². The van der Waals surface area contributed by atoms with Gasteiger partial charge in [-0.15, -0.1) is 0 Å². The highest BCUT2D eigenvalue weighted by Crippen LogP contribution is 2.25. The molecule has 4 nitrogen and oxygen atoms in total. The fourth-order valence-electron chi connectivity index (χ4n) is 1.89. The van der Waals surface area contributed by atoms with Crippen molar-refractivity contribution < 1.29 is 9.53 Å². The molecule has 2 aromatic carbocycles. The number of ether oxygens (including phenoxy) is 1. The highest BCUT2D eigenvalue weighted by molar-refractivity contribution is 6.32. The van der Waals surface area contributed by atoms with Crippen LogP contribution in [0.4, 0.5) is 0 Å². The van der Waals surface area contributed by atoms with E-state index in [1.165, 1.54) is 0 Å². The summed E-state index contributed by atoms with van der Waals surface area (Å²) < 4.78 is 5.44. The van der Waals surface area contributed by atoms with Crippen LogP contribution in [-0.4, -0.2) is 18.7 Å². The maximum absolute atomic E-state index is 11.7. The molecule has 0 unspecified atom stereocenters. The molecule has 0 aliphatic carbocycles. The van der Waals surface area contributed by atoms with Crippen molar-refractivity contribution >= 4 is 23.7 Å². The van der Waals surface area contributed by atoms with Gasteiger partial charge in [-0.05, 0) is 42.7 Å². The van der Waals surface area contributed by atoms with E-state index in [-0.39, 0.29) is 12.5 Å². The highest BCUT2D eigenvalue weighted by atomic mass is 35.5. The van der Waals surface area contributed by atoms with E-state index in [0.717, 1.165) is 16.7 Å². The lowest BCUT2D eigenvalue weighted by atomic mass is 10.1. The van der Waals surface area contributed by atoms with E-state index in [9.17, 15) is 4.79 Å². The van der Waals surface area contributed by atoms with E-state index >= 15 is 0 Å². The van der Waals surface area contributed by atoms with Crippen molar-refractivity contribution in [1.29, 1.82) is 0 Å². The molecular formula is C17H17ClN2O2. The zero-order valence-corrected chi connectivity index (χ0v) is 13.2. The van der Waals surface area contributed by atoms with Crippen LogP contribution in [-0.2, 0) is 4.79 Å². The van der Waals surface area contributed by atoms with Crippen molar-refractivity contribution in [3.63, 3.8) is 0 Å². The Hall–Kier alpha value is -2.33. The molecule has 1 amide bonds. The van der Waals surface area contributed by atoms with Gasteiger partial charge in [-0.2, -0.15) is 5.10 Å². The van der Waals surface area contributed by atoms with E-state index in [1.54, 1.807) is 18.3 Å². The monoisotopic (exact) mass is 316 g/mol. The molecule has 0 aliphatic rings. The molecule has 114 valence electrons. The number of hydrazone groups is 1. The largest absolute Gasteiger partial charge is 0.484 e. The van der Waals surface area contributed by atoms with Crippen LogP contribution >= 0.6 is 11.6 Å². The van der Waals surface area contributed by atoms with Gasteiger partial charge in [0, 0.05) is 5.02 Å². The summed E-state index contributed by atoms with van der Waals surface area (Å²) in [7, 11) is 0. The zero-order chi connectivity index (χ0) is 15.9. The predicted molar refractivity (Wildman–Crippen MR) is 88.6 cm³/mol. The summed E-state index contributed by atoms with van der Waals surface area (Å²) in [6, 6.07) is 13.1. The van der Waals surface area contributed by atoms with Crippen LogP contribution in [0, 0.1) is 13.8 Å². The van der Waals surface area contributed by atoms with Crippen LogP contribution in [0.2, 0.25) is 5.02 Å². The molecule has 0 bridgehead atoms. The summed E-state index contributed by atoms with van der Waals surface area (Å²) >= 11 is 6.09. The minimum atomic E-state index is -0.322. The number of benzene rings is 2. The number of amides is 1. The minimum Gasteiger partial charge on any atom is -0.484 e. The molecule has 22 heavy (non-hydrogen) atoms. The van der Waals surface area contributed by atoms with E-state index in [2.05, 4.69) is 10.5 Å². The number of carbonyl (C=O) groups is 1. The lowest BCUT2D eigenvalue weighted by molar-refractivity contribution is -0.123. The van der Waals surface area contributed by atoms with Gasteiger partial charge in [0.15, 0.2) is 6.61 Å². The second-order valence-electron chi connectivity index (χ2n) is 4.86. The fourth-order valence-corrected chi connectivity index (χ4v) is 2.00. The standard InChI is InChI=1S/C17H17ClN2O2/c1-12-8-15(9-13(2)17(12)18)22-11-16(21)20-19-10-14-6-4-3-5-7-14/h3-10H,11H2,1-2H3,(H,20,21)/b19-10+. The van der Waals surface area contributed by atoms with Crippen LogP contribution in [0.25, 0.3) is 0 Å².